The van der Waals surface area contributed by atoms with Gasteiger partial charge in [0.15, 0.2) is 0 Å². The van der Waals surface area contributed by atoms with E-state index in [1.54, 1.807) is 17.0 Å². The molecule has 0 spiro atoms. The zero-order valence-corrected chi connectivity index (χ0v) is 15.8. The molecular weight excluding hydrogens is 349 g/mol. The van der Waals surface area contributed by atoms with Crippen molar-refractivity contribution in [1.82, 2.24) is 15.5 Å². The Morgan fingerprint density at radius 3 is 2.74 bits per heavy atom. The first-order chi connectivity index (χ1) is 13.0. The SMILES string of the molecule is CC1(C(=O)NCc2ccc(F)cc2)CCCN(C(=O)NCC2CCCO2)C1. The summed E-state index contributed by atoms with van der Waals surface area (Å²) in [5.41, 5.74) is 0.217. The maximum absolute atomic E-state index is 13.0. The molecule has 1 aromatic rings. The first-order valence-electron chi connectivity index (χ1n) is 9.63. The Balaban J connectivity index is 1.50. The average molecular weight is 377 g/mol. The molecule has 0 saturated carbocycles. The van der Waals surface area contributed by atoms with Gasteiger partial charge in [0.1, 0.15) is 5.82 Å². The number of carbonyl (C=O) groups is 2. The van der Waals surface area contributed by atoms with Crippen LogP contribution in [0.1, 0.15) is 38.2 Å². The topological polar surface area (TPSA) is 70.7 Å². The molecule has 2 heterocycles. The minimum atomic E-state index is -0.626. The van der Waals surface area contributed by atoms with Gasteiger partial charge in [-0.25, -0.2) is 9.18 Å². The molecule has 2 unspecified atom stereocenters. The molecule has 3 rings (SSSR count). The first kappa shape index (κ1) is 19.6. The highest BCUT2D eigenvalue weighted by Gasteiger charge is 2.39. The third kappa shape index (κ3) is 5.19. The summed E-state index contributed by atoms with van der Waals surface area (Å²) in [5, 5.41) is 5.85. The summed E-state index contributed by atoms with van der Waals surface area (Å²) in [5.74, 6) is -0.377. The Morgan fingerprint density at radius 2 is 2.04 bits per heavy atom. The van der Waals surface area contributed by atoms with Crippen molar-refractivity contribution in [3.05, 3.63) is 35.6 Å². The van der Waals surface area contributed by atoms with E-state index in [1.807, 2.05) is 6.92 Å². The minimum Gasteiger partial charge on any atom is -0.376 e. The lowest BCUT2D eigenvalue weighted by Crippen LogP contribution is -2.54. The van der Waals surface area contributed by atoms with Crippen LogP contribution in [0.5, 0.6) is 0 Å². The number of hydrogen-bond acceptors (Lipinski definition) is 3. The Labute approximate surface area is 159 Å². The van der Waals surface area contributed by atoms with Crippen LogP contribution in [0, 0.1) is 11.2 Å². The van der Waals surface area contributed by atoms with E-state index in [0.29, 0.717) is 26.2 Å². The maximum atomic E-state index is 13.0. The Bertz CT molecular complexity index is 661. The fourth-order valence-corrected chi connectivity index (χ4v) is 3.71. The molecule has 2 aliphatic rings. The largest absolute Gasteiger partial charge is 0.376 e. The van der Waals surface area contributed by atoms with E-state index in [0.717, 1.165) is 37.9 Å². The van der Waals surface area contributed by atoms with Crippen LogP contribution in [0.25, 0.3) is 0 Å². The van der Waals surface area contributed by atoms with Crippen molar-refractivity contribution in [2.24, 2.45) is 5.41 Å². The van der Waals surface area contributed by atoms with Crippen molar-refractivity contribution in [2.75, 3.05) is 26.2 Å². The number of piperidine rings is 1. The lowest BCUT2D eigenvalue weighted by molar-refractivity contribution is -0.132. The van der Waals surface area contributed by atoms with Crippen LogP contribution in [0.4, 0.5) is 9.18 Å². The van der Waals surface area contributed by atoms with E-state index >= 15 is 0 Å². The minimum absolute atomic E-state index is 0.0801. The number of rotatable bonds is 5. The summed E-state index contributed by atoms with van der Waals surface area (Å²) in [6.45, 7) is 4.56. The van der Waals surface area contributed by atoms with Gasteiger partial charge in [0.2, 0.25) is 5.91 Å². The molecule has 2 aliphatic heterocycles. The molecule has 2 saturated heterocycles. The van der Waals surface area contributed by atoms with Crippen molar-refractivity contribution in [1.29, 1.82) is 0 Å². The standard InChI is InChI=1S/C20H28FN3O3/c1-20(18(25)22-12-15-5-7-16(21)8-6-15)9-3-10-24(14-20)19(26)23-13-17-4-2-11-27-17/h5-8,17H,2-4,9-14H2,1H3,(H,22,25)(H,23,26). The maximum Gasteiger partial charge on any atom is 0.317 e. The van der Waals surface area contributed by atoms with E-state index in [4.69, 9.17) is 4.74 Å². The van der Waals surface area contributed by atoms with Crippen molar-refractivity contribution < 1.29 is 18.7 Å². The van der Waals surface area contributed by atoms with Gasteiger partial charge in [-0.1, -0.05) is 12.1 Å². The fourth-order valence-electron chi connectivity index (χ4n) is 3.71. The number of nitrogens with zero attached hydrogens (tertiary/aromatic N) is 1. The highest BCUT2D eigenvalue weighted by Crippen LogP contribution is 2.30. The van der Waals surface area contributed by atoms with E-state index in [9.17, 15) is 14.0 Å². The summed E-state index contributed by atoms with van der Waals surface area (Å²) >= 11 is 0. The molecule has 2 atom stereocenters. The number of likely N-dealkylation sites (tertiary alicyclic amines) is 1. The molecular formula is C20H28FN3O3. The number of ether oxygens (including phenoxy) is 1. The third-order valence-electron chi connectivity index (χ3n) is 5.40. The van der Waals surface area contributed by atoms with E-state index < -0.39 is 5.41 Å². The molecule has 0 aromatic heterocycles. The summed E-state index contributed by atoms with van der Waals surface area (Å²) in [6, 6.07) is 5.93. The van der Waals surface area contributed by atoms with Crippen LogP contribution in [-0.4, -0.2) is 49.2 Å². The molecule has 6 nitrogen and oxygen atoms in total. The Hall–Kier alpha value is -2.15. The Kier molecular flexibility index (Phi) is 6.31. The second kappa shape index (κ2) is 8.69. The van der Waals surface area contributed by atoms with Gasteiger partial charge in [0.25, 0.3) is 0 Å². The number of urea groups is 1. The average Bonchev–Trinajstić information content (AvgIpc) is 3.19. The third-order valence-corrected chi connectivity index (χ3v) is 5.40. The summed E-state index contributed by atoms with van der Waals surface area (Å²) in [4.78, 5) is 26.9. The predicted molar refractivity (Wildman–Crippen MR) is 99.5 cm³/mol. The second-order valence-electron chi connectivity index (χ2n) is 7.72. The number of amides is 3. The molecule has 0 bridgehead atoms. The molecule has 7 heteroatoms. The molecule has 148 valence electrons. The van der Waals surface area contributed by atoms with Crippen LogP contribution in [-0.2, 0) is 16.1 Å². The lowest BCUT2D eigenvalue weighted by Gasteiger charge is -2.39. The summed E-state index contributed by atoms with van der Waals surface area (Å²) < 4.78 is 18.5. The van der Waals surface area contributed by atoms with Gasteiger partial charge in [-0.2, -0.15) is 0 Å². The van der Waals surface area contributed by atoms with E-state index in [2.05, 4.69) is 10.6 Å². The molecule has 0 radical (unpaired) electrons. The van der Waals surface area contributed by atoms with E-state index in [-0.39, 0.29) is 23.9 Å². The molecule has 3 amide bonds. The monoisotopic (exact) mass is 377 g/mol. The van der Waals surface area contributed by atoms with Gasteiger partial charge >= 0.3 is 6.03 Å². The second-order valence-corrected chi connectivity index (χ2v) is 7.72. The highest BCUT2D eigenvalue weighted by atomic mass is 19.1. The number of nitrogens with one attached hydrogen (secondary N) is 2. The molecule has 0 aliphatic carbocycles. The van der Waals surface area contributed by atoms with Crippen LogP contribution < -0.4 is 10.6 Å². The van der Waals surface area contributed by atoms with Crippen LogP contribution in [0.3, 0.4) is 0 Å². The quantitative estimate of drug-likeness (QED) is 0.828. The fraction of sp³-hybridized carbons (Fsp3) is 0.600. The number of hydrogen-bond donors (Lipinski definition) is 2. The van der Waals surface area contributed by atoms with E-state index in [1.165, 1.54) is 12.1 Å². The molecule has 2 N–H and O–H groups in total. The first-order valence-corrected chi connectivity index (χ1v) is 9.63. The normalized spacial score (nSPS) is 25.3. The number of benzene rings is 1. The highest BCUT2D eigenvalue weighted by molar-refractivity contribution is 5.84. The van der Waals surface area contributed by atoms with Gasteiger partial charge < -0.3 is 20.3 Å². The van der Waals surface area contributed by atoms with Crippen molar-refractivity contribution in [3.63, 3.8) is 0 Å². The van der Waals surface area contributed by atoms with Crippen molar-refractivity contribution >= 4 is 11.9 Å². The van der Waals surface area contributed by atoms with Gasteiger partial charge in [-0.15, -0.1) is 0 Å². The van der Waals surface area contributed by atoms with Crippen molar-refractivity contribution in [2.45, 2.75) is 45.3 Å². The van der Waals surface area contributed by atoms with Crippen molar-refractivity contribution in [3.8, 4) is 0 Å². The Morgan fingerprint density at radius 1 is 1.26 bits per heavy atom. The van der Waals surface area contributed by atoms with Gasteiger partial charge in [-0.05, 0) is 50.3 Å². The van der Waals surface area contributed by atoms with Gasteiger partial charge in [-0.3, -0.25) is 4.79 Å². The summed E-state index contributed by atoms with van der Waals surface area (Å²) in [6.07, 6.45) is 3.63. The van der Waals surface area contributed by atoms with Gasteiger partial charge in [0, 0.05) is 32.8 Å². The predicted octanol–water partition coefficient (Wildman–Crippen LogP) is 2.43. The number of halogens is 1. The van der Waals surface area contributed by atoms with Gasteiger partial charge in [0.05, 0.1) is 11.5 Å². The number of carbonyl (C=O) groups excluding carboxylic acids is 2. The zero-order valence-electron chi connectivity index (χ0n) is 15.8. The van der Waals surface area contributed by atoms with Crippen LogP contribution in [0.2, 0.25) is 0 Å². The lowest BCUT2D eigenvalue weighted by atomic mass is 9.81. The molecule has 2 fully saturated rings. The smallest absolute Gasteiger partial charge is 0.317 e. The summed E-state index contributed by atoms with van der Waals surface area (Å²) in [7, 11) is 0. The zero-order chi connectivity index (χ0) is 19.3. The van der Waals surface area contributed by atoms with Crippen LogP contribution >= 0.6 is 0 Å². The molecule has 27 heavy (non-hydrogen) atoms. The molecule has 1 aromatic carbocycles. The van der Waals surface area contributed by atoms with Crippen LogP contribution in [0.15, 0.2) is 24.3 Å².